The van der Waals surface area contributed by atoms with Crippen LogP contribution in [-0.4, -0.2) is 29.1 Å². The number of hydrogen-bond acceptors (Lipinski definition) is 5. The molecular weight excluding hydrogens is 467 g/mol. The van der Waals surface area contributed by atoms with Crippen molar-refractivity contribution in [2.75, 3.05) is 18.5 Å². The molecule has 0 aliphatic carbocycles. The van der Waals surface area contributed by atoms with Crippen LogP contribution in [0.5, 0.6) is 0 Å². The molecule has 2 aromatic rings. The first-order valence-electron chi connectivity index (χ1n) is 13.3. The molecule has 200 valence electrons. The number of aromatic nitrogens is 2. The second-order valence-corrected chi connectivity index (χ2v) is 9.07. The molecule has 1 aromatic heterocycles. The molecule has 1 N–H and O–H groups in total. The summed E-state index contributed by atoms with van der Waals surface area (Å²) in [6.45, 7) is 4.78. The average Bonchev–Trinajstić information content (AvgIpc) is 2.86. The van der Waals surface area contributed by atoms with E-state index in [9.17, 15) is 18.0 Å². The zero-order valence-corrected chi connectivity index (χ0v) is 21.6. The number of nitrogens with one attached hydrogen (secondary N) is 1. The van der Waals surface area contributed by atoms with Gasteiger partial charge in [0.25, 0.3) is 0 Å². The molecule has 0 saturated heterocycles. The lowest BCUT2D eigenvalue weighted by atomic mass is 10.0. The summed E-state index contributed by atoms with van der Waals surface area (Å²) in [5.74, 6) is -0.300. The molecule has 0 aliphatic heterocycles. The van der Waals surface area contributed by atoms with Crippen LogP contribution in [0.15, 0.2) is 30.5 Å². The fourth-order valence-electron chi connectivity index (χ4n) is 4.03. The van der Waals surface area contributed by atoms with E-state index in [1.54, 1.807) is 6.92 Å². The third kappa shape index (κ3) is 10.5. The van der Waals surface area contributed by atoms with Gasteiger partial charge in [-0.1, -0.05) is 89.7 Å². The number of esters is 1. The zero-order valence-electron chi connectivity index (χ0n) is 21.6. The monoisotopic (exact) mass is 507 g/mol. The maximum atomic E-state index is 12.9. The minimum atomic E-state index is -4.40. The Balaban J connectivity index is 1.86. The van der Waals surface area contributed by atoms with E-state index in [4.69, 9.17) is 4.74 Å². The lowest BCUT2D eigenvalue weighted by Crippen LogP contribution is -2.13. The second kappa shape index (κ2) is 16.2. The summed E-state index contributed by atoms with van der Waals surface area (Å²) in [5.41, 5.74) is 0.354. The molecule has 1 aromatic carbocycles. The van der Waals surface area contributed by atoms with Gasteiger partial charge in [0, 0.05) is 18.3 Å². The van der Waals surface area contributed by atoms with Gasteiger partial charge in [-0.15, -0.1) is 0 Å². The van der Waals surface area contributed by atoms with Gasteiger partial charge in [-0.3, -0.25) is 0 Å². The van der Waals surface area contributed by atoms with E-state index >= 15 is 0 Å². The molecule has 0 saturated carbocycles. The molecule has 0 unspecified atom stereocenters. The maximum absolute atomic E-state index is 12.9. The van der Waals surface area contributed by atoms with Crippen molar-refractivity contribution in [1.82, 2.24) is 9.97 Å². The van der Waals surface area contributed by atoms with Crippen molar-refractivity contribution >= 4 is 11.8 Å². The smallest absolute Gasteiger partial charge is 0.416 e. The van der Waals surface area contributed by atoms with Crippen molar-refractivity contribution < 1.29 is 22.7 Å². The van der Waals surface area contributed by atoms with Crippen molar-refractivity contribution in [3.8, 4) is 11.1 Å². The molecule has 0 spiro atoms. The lowest BCUT2D eigenvalue weighted by Gasteiger charge is -2.13. The van der Waals surface area contributed by atoms with Crippen LogP contribution in [0.2, 0.25) is 0 Å². The topological polar surface area (TPSA) is 64.1 Å². The Morgan fingerprint density at radius 2 is 1.42 bits per heavy atom. The summed E-state index contributed by atoms with van der Waals surface area (Å²) in [7, 11) is 0. The van der Waals surface area contributed by atoms with Gasteiger partial charge in [0.15, 0.2) is 0 Å². The molecule has 1 heterocycles. The minimum absolute atomic E-state index is 0.0790. The molecule has 0 fully saturated rings. The van der Waals surface area contributed by atoms with Gasteiger partial charge in [0.2, 0.25) is 5.82 Å². The van der Waals surface area contributed by atoms with E-state index in [0.717, 1.165) is 25.0 Å². The summed E-state index contributed by atoms with van der Waals surface area (Å²) >= 11 is 0. The predicted molar refractivity (Wildman–Crippen MR) is 138 cm³/mol. The number of alkyl halides is 3. The fraction of sp³-hybridized carbons (Fsp3) is 0.607. The van der Waals surface area contributed by atoms with E-state index < -0.39 is 17.7 Å². The Bertz CT molecular complexity index is 902. The van der Waals surface area contributed by atoms with E-state index in [1.807, 2.05) is 0 Å². The highest BCUT2D eigenvalue weighted by Crippen LogP contribution is 2.32. The highest BCUT2D eigenvalue weighted by Gasteiger charge is 2.30. The Hall–Kier alpha value is -2.64. The lowest BCUT2D eigenvalue weighted by molar-refractivity contribution is -0.137. The quantitative estimate of drug-likeness (QED) is 0.172. The van der Waals surface area contributed by atoms with Crippen LogP contribution in [0.3, 0.4) is 0 Å². The first-order valence-corrected chi connectivity index (χ1v) is 13.3. The minimum Gasteiger partial charge on any atom is -0.460 e. The number of ether oxygens (including phenoxy) is 1. The van der Waals surface area contributed by atoms with Crippen LogP contribution in [0, 0.1) is 0 Å². The normalized spacial score (nSPS) is 11.5. The summed E-state index contributed by atoms with van der Waals surface area (Å²) in [6, 6.07) is 4.84. The molecule has 2 rings (SSSR count). The Morgan fingerprint density at radius 1 is 0.861 bits per heavy atom. The molecule has 36 heavy (non-hydrogen) atoms. The highest BCUT2D eigenvalue weighted by molar-refractivity contribution is 5.87. The molecule has 8 heteroatoms. The van der Waals surface area contributed by atoms with Crippen LogP contribution in [0.25, 0.3) is 11.1 Å². The van der Waals surface area contributed by atoms with Crippen LogP contribution >= 0.6 is 0 Å². The number of carbonyl (C=O) groups excluding carboxylic acids is 1. The third-order valence-corrected chi connectivity index (χ3v) is 6.09. The first kappa shape index (κ1) is 29.6. The maximum Gasteiger partial charge on any atom is 0.416 e. The summed E-state index contributed by atoms with van der Waals surface area (Å²) < 4.78 is 43.8. The molecule has 0 bridgehead atoms. The number of rotatable bonds is 17. The van der Waals surface area contributed by atoms with Crippen molar-refractivity contribution in [2.24, 2.45) is 0 Å². The largest absolute Gasteiger partial charge is 0.460 e. The van der Waals surface area contributed by atoms with Gasteiger partial charge in [-0.2, -0.15) is 13.2 Å². The number of anilines is 1. The van der Waals surface area contributed by atoms with Crippen LogP contribution < -0.4 is 5.32 Å². The van der Waals surface area contributed by atoms with Gasteiger partial charge < -0.3 is 10.1 Å². The van der Waals surface area contributed by atoms with Crippen LogP contribution in [0.4, 0.5) is 19.0 Å². The SMILES string of the molecule is CCCCCCCCCCCCCCNc1nc(C(=O)OCC)ncc1-c1ccc(C(F)(F)F)cc1. The highest BCUT2D eigenvalue weighted by atomic mass is 19.4. The first-order chi connectivity index (χ1) is 17.4. The zero-order chi connectivity index (χ0) is 26.2. The molecule has 0 radical (unpaired) electrons. The molecule has 0 aliphatic rings. The Kier molecular flexibility index (Phi) is 13.3. The number of carbonyl (C=O) groups is 1. The predicted octanol–water partition coefficient (Wildman–Crippen LogP) is 8.45. The number of benzene rings is 1. The number of nitrogens with zero attached hydrogens (tertiary/aromatic N) is 2. The third-order valence-electron chi connectivity index (χ3n) is 6.09. The van der Waals surface area contributed by atoms with Gasteiger partial charge >= 0.3 is 12.1 Å². The molecule has 5 nitrogen and oxygen atoms in total. The summed E-state index contributed by atoms with van der Waals surface area (Å²) in [5, 5.41) is 3.25. The standard InChI is InChI=1S/C28H40F3N3O2/c1-3-5-6-7-8-9-10-11-12-13-14-15-20-32-25-24(21-33-26(34-25)27(35)36-4-2)22-16-18-23(19-17-22)28(29,30)31/h16-19,21H,3-15,20H2,1-2H3,(H,32,33,34). The Labute approximate surface area is 213 Å². The van der Waals surface area contributed by atoms with Crippen LogP contribution in [0.1, 0.15) is 107 Å². The van der Waals surface area contributed by atoms with E-state index in [-0.39, 0.29) is 12.4 Å². The van der Waals surface area contributed by atoms with Gasteiger partial charge in [-0.25, -0.2) is 14.8 Å². The Morgan fingerprint density at radius 3 is 1.94 bits per heavy atom. The van der Waals surface area contributed by atoms with Gasteiger partial charge in [0.1, 0.15) is 5.82 Å². The number of unbranched alkanes of at least 4 members (excludes halogenated alkanes) is 11. The van der Waals surface area contributed by atoms with Gasteiger partial charge in [-0.05, 0) is 31.0 Å². The van der Waals surface area contributed by atoms with E-state index in [0.29, 0.717) is 23.5 Å². The van der Waals surface area contributed by atoms with Crippen molar-refractivity contribution in [3.63, 3.8) is 0 Å². The number of hydrogen-bond donors (Lipinski definition) is 1. The van der Waals surface area contributed by atoms with Crippen LogP contribution in [-0.2, 0) is 10.9 Å². The van der Waals surface area contributed by atoms with Crippen molar-refractivity contribution in [3.05, 3.63) is 41.9 Å². The summed E-state index contributed by atoms with van der Waals surface area (Å²) in [6.07, 6.45) is 12.1. The second-order valence-electron chi connectivity index (χ2n) is 9.07. The molecular formula is C28H40F3N3O2. The molecule has 0 amide bonds. The van der Waals surface area contributed by atoms with Crippen molar-refractivity contribution in [1.29, 1.82) is 0 Å². The van der Waals surface area contributed by atoms with E-state index in [1.165, 1.54) is 82.5 Å². The van der Waals surface area contributed by atoms with E-state index in [2.05, 4.69) is 22.2 Å². The average molecular weight is 508 g/mol. The number of halogens is 3. The summed E-state index contributed by atoms with van der Waals surface area (Å²) in [4.78, 5) is 20.5. The molecule has 0 atom stereocenters. The fourth-order valence-corrected chi connectivity index (χ4v) is 4.03. The van der Waals surface area contributed by atoms with Gasteiger partial charge in [0.05, 0.1) is 12.2 Å². The van der Waals surface area contributed by atoms with Crippen molar-refractivity contribution in [2.45, 2.75) is 97.1 Å².